The van der Waals surface area contributed by atoms with Gasteiger partial charge in [0.05, 0.1) is 6.26 Å². The molecule has 28 heavy (non-hydrogen) atoms. The fraction of sp³-hybridized carbons (Fsp3) is 0.0870. The van der Waals surface area contributed by atoms with Gasteiger partial charge in [0, 0.05) is 16.7 Å². The van der Waals surface area contributed by atoms with Gasteiger partial charge in [0.1, 0.15) is 18.1 Å². The highest BCUT2D eigenvalue weighted by Gasteiger charge is 2.30. The first-order valence-electron chi connectivity index (χ1n) is 8.84. The van der Waals surface area contributed by atoms with Crippen LogP contribution in [0.3, 0.4) is 0 Å². The van der Waals surface area contributed by atoms with Crippen LogP contribution in [0.25, 0.3) is 5.57 Å². The van der Waals surface area contributed by atoms with Crippen LogP contribution < -0.4 is 4.74 Å². The number of hydrogen-bond donors (Lipinski definition) is 1. The molecule has 0 saturated heterocycles. The summed E-state index contributed by atoms with van der Waals surface area (Å²) in [6.45, 7) is -0.105. The van der Waals surface area contributed by atoms with E-state index in [1.54, 1.807) is 0 Å². The van der Waals surface area contributed by atoms with Crippen LogP contribution in [-0.4, -0.2) is 17.9 Å². The number of hydrogen-bond acceptors (Lipinski definition) is 5. The van der Waals surface area contributed by atoms with Crippen LogP contribution in [0.15, 0.2) is 85.1 Å². The van der Waals surface area contributed by atoms with Gasteiger partial charge in [-0.2, -0.15) is 0 Å². The van der Waals surface area contributed by atoms with E-state index in [9.17, 15) is 9.90 Å². The van der Waals surface area contributed by atoms with Crippen LogP contribution in [0, 0.1) is 0 Å². The van der Waals surface area contributed by atoms with Crippen molar-refractivity contribution in [3.05, 3.63) is 102 Å². The van der Waals surface area contributed by atoms with Gasteiger partial charge >= 0.3 is 6.16 Å². The van der Waals surface area contributed by atoms with Crippen molar-refractivity contribution in [2.75, 3.05) is 6.61 Å². The predicted molar refractivity (Wildman–Crippen MR) is 104 cm³/mol. The zero-order chi connectivity index (χ0) is 19.3. The Hall–Kier alpha value is -3.73. The first kappa shape index (κ1) is 17.7. The third-order valence-electron chi connectivity index (χ3n) is 4.48. The topological polar surface area (TPSA) is 65.0 Å². The van der Waals surface area contributed by atoms with Gasteiger partial charge in [-0.1, -0.05) is 66.7 Å². The van der Waals surface area contributed by atoms with E-state index in [0.717, 1.165) is 23.0 Å². The molecule has 0 spiro atoms. The second-order valence-corrected chi connectivity index (χ2v) is 6.23. The van der Waals surface area contributed by atoms with Crippen molar-refractivity contribution in [1.82, 2.24) is 0 Å². The van der Waals surface area contributed by atoms with Crippen LogP contribution >= 0.6 is 0 Å². The molecule has 5 heteroatoms. The summed E-state index contributed by atoms with van der Waals surface area (Å²) in [4.78, 5) is 12.4. The Labute approximate surface area is 162 Å². The van der Waals surface area contributed by atoms with Crippen molar-refractivity contribution in [2.45, 2.75) is 6.10 Å². The normalized spacial score (nSPS) is 13.1. The first-order chi connectivity index (χ1) is 13.8. The Morgan fingerprint density at radius 1 is 0.893 bits per heavy atom. The van der Waals surface area contributed by atoms with E-state index in [1.807, 2.05) is 78.9 Å². The molecule has 0 atom stereocenters. The molecule has 1 N–H and O–H groups in total. The standard InChI is InChI=1S/C23H18O5/c24-14-17(16-8-2-1-3-9-16)15-26-23(25)28-22-18-10-4-6-12-20(18)27-21-13-7-5-11-19(21)22/h1-14,22,24H,15H2. The molecule has 3 aromatic carbocycles. The summed E-state index contributed by atoms with van der Waals surface area (Å²) in [6.07, 6.45) is -0.527. The van der Waals surface area contributed by atoms with Gasteiger partial charge in [-0.25, -0.2) is 4.79 Å². The van der Waals surface area contributed by atoms with Crippen molar-refractivity contribution >= 4 is 11.7 Å². The molecular weight excluding hydrogens is 356 g/mol. The van der Waals surface area contributed by atoms with Gasteiger partial charge in [0.2, 0.25) is 0 Å². The van der Waals surface area contributed by atoms with E-state index in [4.69, 9.17) is 14.2 Å². The van der Waals surface area contributed by atoms with E-state index in [0.29, 0.717) is 17.1 Å². The van der Waals surface area contributed by atoms with Crippen LogP contribution in [0.5, 0.6) is 11.5 Å². The molecule has 1 aliphatic rings. The van der Waals surface area contributed by atoms with Crippen LogP contribution in [0.4, 0.5) is 4.79 Å². The Morgan fingerprint density at radius 3 is 2.07 bits per heavy atom. The summed E-state index contributed by atoms with van der Waals surface area (Å²) in [7, 11) is 0. The zero-order valence-corrected chi connectivity index (χ0v) is 14.9. The second-order valence-electron chi connectivity index (χ2n) is 6.23. The first-order valence-corrected chi connectivity index (χ1v) is 8.84. The molecule has 1 heterocycles. The summed E-state index contributed by atoms with van der Waals surface area (Å²) < 4.78 is 16.8. The molecular formula is C23H18O5. The Kier molecular flexibility index (Phi) is 4.97. The van der Waals surface area contributed by atoms with Crippen LogP contribution in [-0.2, 0) is 9.47 Å². The third kappa shape index (κ3) is 3.55. The van der Waals surface area contributed by atoms with Crippen molar-refractivity contribution in [1.29, 1.82) is 0 Å². The molecule has 3 aromatic rings. The number of ether oxygens (including phenoxy) is 3. The minimum absolute atomic E-state index is 0.105. The van der Waals surface area contributed by atoms with Crippen molar-refractivity contribution in [3.63, 3.8) is 0 Å². The molecule has 0 fully saturated rings. The van der Waals surface area contributed by atoms with Crippen molar-refractivity contribution in [3.8, 4) is 11.5 Å². The maximum atomic E-state index is 12.4. The van der Waals surface area contributed by atoms with Crippen molar-refractivity contribution in [2.24, 2.45) is 0 Å². The fourth-order valence-corrected chi connectivity index (χ4v) is 3.11. The summed E-state index contributed by atoms with van der Waals surface area (Å²) >= 11 is 0. The largest absolute Gasteiger partial charge is 0.515 e. The summed E-state index contributed by atoms with van der Waals surface area (Å²) in [5, 5.41) is 9.46. The van der Waals surface area contributed by atoms with E-state index < -0.39 is 12.3 Å². The van der Waals surface area contributed by atoms with Gasteiger partial charge in [-0.15, -0.1) is 0 Å². The zero-order valence-electron chi connectivity index (χ0n) is 14.9. The molecule has 0 radical (unpaired) electrons. The van der Waals surface area contributed by atoms with Crippen LogP contribution in [0.1, 0.15) is 22.8 Å². The van der Waals surface area contributed by atoms with Gasteiger partial charge in [-0.3, -0.25) is 0 Å². The number of aliphatic hydroxyl groups is 1. The minimum atomic E-state index is -0.827. The highest BCUT2D eigenvalue weighted by Crippen LogP contribution is 2.44. The minimum Gasteiger partial charge on any atom is -0.515 e. The molecule has 140 valence electrons. The number of carbonyl (C=O) groups is 1. The number of fused-ring (bicyclic) bond motifs is 2. The number of rotatable bonds is 4. The molecule has 5 nitrogen and oxygen atoms in total. The molecule has 0 aromatic heterocycles. The molecule has 0 aliphatic carbocycles. The smallest absolute Gasteiger partial charge is 0.509 e. The van der Waals surface area contributed by atoms with Crippen LogP contribution in [0.2, 0.25) is 0 Å². The second kappa shape index (κ2) is 7.88. The van der Waals surface area contributed by atoms with Gasteiger partial charge in [0.15, 0.2) is 6.10 Å². The Bertz CT molecular complexity index is 965. The lowest BCUT2D eigenvalue weighted by Gasteiger charge is -2.27. The van der Waals surface area contributed by atoms with E-state index in [1.165, 1.54) is 0 Å². The predicted octanol–water partition coefficient (Wildman–Crippen LogP) is 5.63. The van der Waals surface area contributed by atoms with E-state index in [2.05, 4.69) is 0 Å². The molecule has 0 saturated carbocycles. The summed E-state index contributed by atoms with van der Waals surface area (Å²) in [5.74, 6) is 1.28. The molecule has 0 unspecified atom stereocenters. The lowest BCUT2D eigenvalue weighted by molar-refractivity contribution is 0.0399. The average Bonchev–Trinajstić information content (AvgIpc) is 2.75. The lowest BCUT2D eigenvalue weighted by Crippen LogP contribution is -2.18. The molecule has 0 bridgehead atoms. The van der Waals surface area contributed by atoms with E-state index in [-0.39, 0.29) is 6.61 Å². The summed E-state index contributed by atoms with van der Waals surface area (Å²) in [6, 6.07) is 24.0. The number of carbonyl (C=O) groups excluding carboxylic acids is 1. The van der Waals surface area contributed by atoms with Gasteiger partial charge in [0.25, 0.3) is 0 Å². The average molecular weight is 374 g/mol. The quantitative estimate of drug-likeness (QED) is 0.473. The highest BCUT2D eigenvalue weighted by atomic mass is 16.7. The van der Waals surface area contributed by atoms with Gasteiger partial charge < -0.3 is 19.3 Å². The Morgan fingerprint density at radius 2 is 1.46 bits per heavy atom. The van der Waals surface area contributed by atoms with Crippen molar-refractivity contribution < 1.29 is 24.1 Å². The summed E-state index contributed by atoms with van der Waals surface area (Å²) in [5.41, 5.74) is 2.74. The Balaban J connectivity index is 1.51. The molecule has 1 aliphatic heterocycles. The lowest BCUT2D eigenvalue weighted by atomic mass is 9.97. The SMILES string of the molecule is O=C(OCC(=CO)c1ccccc1)OC1c2ccccc2Oc2ccccc21. The van der Waals surface area contributed by atoms with Gasteiger partial charge in [-0.05, 0) is 17.7 Å². The number of aliphatic hydroxyl groups excluding tert-OH is 1. The maximum Gasteiger partial charge on any atom is 0.509 e. The third-order valence-corrected chi connectivity index (χ3v) is 4.48. The maximum absolute atomic E-state index is 12.4. The number of para-hydroxylation sites is 2. The fourth-order valence-electron chi connectivity index (χ4n) is 3.11. The molecule has 4 rings (SSSR count). The monoisotopic (exact) mass is 374 g/mol. The molecule has 0 amide bonds. The van der Waals surface area contributed by atoms with E-state index >= 15 is 0 Å². The highest BCUT2D eigenvalue weighted by molar-refractivity contribution is 5.69. The number of benzene rings is 3.